The van der Waals surface area contributed by atoms with Crippen LogP contribution < -0.4 is 5.32 Å². The molecule has 1 fully saturated rings. The summed E-state index contributed by atoms with van der Waals surface area (Å²) in [6, 6.07) is 6.10. The van der Waals surface area contributed by atoms with Crippen LogP contribution in [0.1, 0.15) is 11.6 Å². The molecular formula is C17H17N3O6S. The molecule has 1 unspecified atom stereocenters. The quantitative estimate of drug-likeness (QED) is 0.522. The maximum Gasteiger partial charge on any atom is 0.352 e. The first-order chi connectivity index (χ1) is 13.0. The predicted molar refractivity (Wildman–Crippen MR) is 96.5 cm³/mol. The SMILES string of the molecule is COCC1=C(C(=O)O)N2C(=O)[C@@H](NC(=O)C(N=O)c3ccccc3)[C@@H]2SC1. The number of amides is 2. The molecule has 2 aliphatic rings. The van der Waals surface area contributed by atoms with E-state index in [1.54, 1.807) is 30.3 Å². The summed E-state index contributed by atoms with van der Waals surface area (Å²) >= 11 is 1.33. The van der Waals surface area contributed by atoms with Crippen molar-refractivity contribution in [2.24, 2.45) is 5.18 Å². The molecule has 0 saturated carbocycles. The van der Waals surface area contributed by atoms with Crippen molar-refractivity contribution in [3.05, 3.63) is 52.1 Å². The van der Waals surface area contributed by atoms with Crippen molar-refractivity contribution in [2.75, 3.05) is 19.5 Å². The van der Waals surface area contributed by atoms with Gasteiger partial charge in [0.1, 0.15) is 17.1 Å². The number of carbonyl (C=O) groups excluding carboxylic acids is 2. The van der Waals surface area contributed by atoms with Crippen LogP contribution in [0.2, 0.25) is 0 Å². The largest absolute Gasteiger partial charge is 0.477 e. The molecule has 142 valence electrons. The summed E-state index contributed by atoms with van der Waals surface area (Å²) in [7, 11) is 1.44. The Morgan fingerprint density at radius 3 is 2.70 bits per heavy atom. The number of hydrogen-bond acceptors (Lipinski definition) is 7. The first-order valence-corrected chi connectivity index (χ1v) is 9.11. The Balaban J connectivity index is 1.76. The van der Waals surface area contributed by atoms with Gasteiger partial charge >= 0.3 is 5.97 Å². The zero-order valence-electron chi connectivity index (χ0n) is 14.3. The minimum atomic E-state index is -1.28. The van der Waals surface area contributed by atoms with Crippen LogP contribution in [0, 0.1) is 4.91 Å². The number of methoxy groups -OCH3 is 1. The summed E-state index contributed by atoms with van der Waals surface area (Å²) in [5.74, 6) is -2.09. The number of nitrogens with one attached hydrogen (secondary N) is 1. The van der Waals surface area contributed by atoms with Crippen molar-refractivity contribution in [2.45, 2.75) is 17.5 Å². The van der Waals surface area contributed by atoms with Crippen LogP contribution in [0.3, 0.4) is 0 Å². The highest BCUT2D eigenvalue weighted by Gasteiger charge is 2.54. The number of ether oxygens (including phenoxy) is 1. The fraction of sp³-hybridized carbons (Fsp3) is 0.353. The number of aliphatic carboxylic acids is 1. The molecule has 9 nitrogen and oxygen atoms in total. The first-order valence-electron chi connectivity index (χ1n) is 8.06. The molecule has 3 atom stereocenters. The number of thioether (sulfide) groups is 1. The Bertz CT molecular complexity index is 812. The van der Waals surface area contributed by atoms with Crippen molar-refractivity contribution in [3.8, 4) is 0 Å². The van der Waals surface area contributed by atoms with Gasteiger partial charge in [-0.2, -0.15) is 0 Å². The molecule has 0 spiro atoms. The molecule has 2 amide bonds. The number of β-lactam (4-membered cyclic amide) rings is 1. The van der Waals surface area contributed by atoms with Crippen LogP contribution >= 0.6 is 11.8 Å². The van der Waals surface area contributed by atoms with Gasteiger partial charge in [0.25, 0.3) is 11.8 Å². The number of rotatable bonds is 7. The standard InChI is InChI=1S/C17H17N3O6S/c1-26-7-10-8-27-16-12(15(22)20(16)13(10)17(23)24)18-14(21)11(19-25)9-5-3-2-4-6-9/h2-6,11-12,16H,7-8H2,1H3,(H,18,21)(H,23,24)/t11?,12-,16+/m1/s1. The fourth-order valence-electron chi connectivity index (χ4n) is 3.10. The van der Waals surface area contributed by atoms with E-state index in [-0.39, 0.29) is 12.3 Å². The van der Waals surface area contributed by atoms with Crippen molar-refractivity contribution >= 4 is 29.5 Å². The maximum absolute atomic E-state index is 12.5. The maximum atomic E-state index is 12.5. The van der Waals surface area contributed by atoms with Gasteiger partial charge in [-0.1, -0.05) is 35.5 Å². The van der Waals surface area contributed by atoms with Crippen LogP contribution in [0.15, 0.2) is 46.8 Å². The van der Waals surface area contributed by atoms with Crippen molar-refractivity contribution in [1.82, 2.24) is 10.2 Å². The first kappa shape index (κ1) is 19.1. The molecule has 1 saturated heterocycles. The molecular weight excluding hydrogens is 374 g/mol. The number of hydrogen-bond donors (Lipinski definition) is 2. The summed E-state index contributed by atoms with van der Waals surface area (Å²) < 4.78 is 5.00. The Labute approximate surface area is 158 Å². The Hall–Kier alpha value is -2.72. The lowest BCUT2D eigenvalue weighted by atomic mass is 10.0. The molecule has 0 aliphatic carbocycles. The Morgan fingerprint density at radius 2 is 2.11 bits per heavy atom. The second-order valence-corrected chi connectivity index (χ2v) is 7.11. The molecule has 0 aromatic heterocycles. The molecule has 10 heteroatoms. The molecule has 2 aliphatic heterocycles. The number of nitroso groups, excluding NO2 is 1. The van der Waals surface area contributed by atoms with Gasteiger partial charge in [-0.25, -0.2) is 4.79 Å². The molecule has 0 bridgehead atoms. The van der Waals surface area contributed by atoms with Crippen molar-refractivity contribution in [3.63, 3.8) is 0 Å². The molecule has 27 heavy (non-hydrogen) atoms. The Morgan fingerprint density at radius 1 is 1.41 bits per heavy atom. The zero-order chi connectivity index (χ0) is 19.6. The lowest BCUT2D eigenvalue weighted by Crippen LogP contribution is -2.70. The van der Waals surface area contributed by atoms with E-state index < -0.39 is 35.2 Å². The van der Waals surface area contributed by atoms with Gasteiger partial charge in [0, 0.05) is 12.9 Å². The monoisotopic (exact) mass is 391 g/mol. The van der Waals surface area contributed by atoms with Gasteiger partial charge in [0.15, 0.2) is 6.04 Å². The third kappa shape index (κ3) is 3.45. The van der Waals surface area contributed by atoms with E-state index in [1.165, 1.54) is 18.9 Å². The van der Waals surface area contributed by atoms with Crippen LogP contribution in [-0.2, 0) is 19.1 Å². The lowest BCUT2D eigenvalue weighted by Gasteiger charge is -2.49. The van der Waals surface area contributed by atoms with Gasteiger partial charge in [0.05, 0.1) is 6.61 Å². The molecule has 1 aromatic carbocycles. The second-order valence-electron chi connectivity index (χ2n) is 6.01. The van der Waals surface area contributed by atoms with E-state index in [1.807, 2.05) is 0 Å². The van der Waals surface area contributed by atoms with Gasteiger partial charge in [-0.15, -0.1) is 16.7 Å². The predicted octanol–water partition coefficient (Wildman–Crippen LogP) is 0.879. The van der Waals surface area contributed by atoms with Gasteiger partial charge in [-0.3, -0.25) is 14.5 Å². The number of carbonyl (C=O) groups is 3. The third-order valence-electron chi connectivity index (χ3n) is 4.34. The second kappa shape index (κ2) is 7.89. The lowest BCUT2D eigenvalue weighted by molar-refractivity contribution is -0.151. The highest BCUT2D eigenvalue weighted by molar-refractivity contribution is 8.00. The van der Waals surface area contributed by atoms with Gasteiger partial charge in [-0.05, 0) is 11.1 Å². The van der Waals surface area contributed by atoms with Crippen LogP contribution in [0.25, 0.3) is 0 Å². The smallest absolute Gasteiger partial charge is 0.352 e. The average Bonchev–Trinajstić information content (AvgIpc) is 2.67. The van der Waals surface area contributed by atoms with Gasteiger partial charge < -0.3 is 15.2 Å². The average molecular weight is 391 g/mol. The van der Waals surface area contributed by atoms with E-state index in [4.69, 9.17) is 4.74 Å². The molecule has 2 heterocycles. The van der Waals surface area contributed by atoms with E-state index in [0.717, 1.165) is 4.90 Å². The molecule has 3 rings (SSSR count). The number of fused-ring (bicyclic) bond motifs is 1. The molecule has 2 N–H and O–H groups in total. The topological polar surface area (TPSA) is 125 Å². The number of carboxylic acids is 1. The van der Waals surface area contributed by atoms with Crippen molar-refractivity contribution < 1.29 is 24.2 Å². The normalized spacial score (nSPS) is 22.6. The van der Waals surface area contributed by atoms with Crippen LogP contribution in [-0.4, -0.2) is 58.7 Å². The highest BCUT2D eigenvalue weighted by atomic mass is 32.2. The Kier molecular flexibility index (Phi) is 5.57. The summed E-state index contributed by atoms with van der Waals surface area (Å²) in [5, 5.41) is 14.3. The minimum absolute atomic E-state index is 0.104. The number of nitrogens with zero attached hydrogens (tertiary/aromatic N) is 2. The summed E-state index contributed by atoms with van der Waals surface area (Å²) in [4.78, 5) is 48.8. The zero-order valence-corrected chi connectivity index (χ0v) is 15.1. The number of benzene rings is 1. The third-order valence-corrected chi connectivity index (χ3v) is 5.67. The van der Waals surface area contributed by atoms with Crippen molar-refractivity contribution in [1.29, 1.82) is 0 Å². The highest BCUT2D eigenvalue weighted by Crippen LogP contribution is 2.40. The fourth-order valence-corrected chi connectivity index (χ4v) is 4.42. The van der Waals surface area contributed by atoms with E-state index in [9.17, 15) is 24.4 Å². The molecule has 1 aromatic rings. The number of carboxylic acid groups (broad SMARTS) is 1. The minimum Gasteiger partial charge on any atom is -0.477 e. The van der Waals surface area contributed by atoms with Crippen LogP contribution in [0.5, 0.6) is 0 Å². The van der Waals surface area contributed by atoms with Gasteiger partial charge in [0.2, 0.25) is 0 Å². The summed E-state index contributed by atoms with van der Waals surface area (Å²) in [6.45, 7) is 0.104. The van der Waals surface area contributed by atoms with Crippen LogP contribution in [0.4, 0.5) is 0 Å². The van der Waals surface area contributed by atoms with E-state index in [0.29, 0.717) is 16.9 Å². The van der Waals surface area contributed by atoms with E-state index in [2.05, 4.69) is 10.5 Å². The summed E-state index contributed by atoms with van der Waals surface area (Å²) in [5.41, 5.74) is 0.809. The molecule has 0 radical (unpaired) electrons. The van der Waals surface area contributed by atoms with E-state index >= 15 is 0 Å². The summed E-state index contributed by atoms with van der Waals surface area (Å²) in [6.07, 6.45) is 0.